The summed E-state index contributed by atoms with van der Waals surface area (Å²) in [6.45, 7) is 10.0. The average Bonchev–Trinajstić information content (AvgIpc) is 1.50. The van der Waals surface area contributed by atoms with Crippen LogP contribution in [0.2, 0.25) is 0 Å². The predicted octanol–water partition coefficient (Wildman–Crippen LogP) is 2.13. The van der Waals surface area contributed by atoms with E-state index in [1.807, 2.05) is 0 Å². The zero-order chi connectivity index (χ0) is 4.00. The molecule has 0 aromatic heterocycles. The van der Waals surface area contributed by atoms with Crippen molar-refractivity contribution >= 4 is 0 Å². The van der Waals surface area contributed by atoms with Crippen molar-refractivity contribution in [2.45, 2.75) is 13.8 Å². The molecule has 0 aromatic carbocycles. The molecule has 0 aromatic rings. The monoisotopic (exact) mass is 251 g/mol. The van der Waals surface area contributed by atoms with Crippen LogP contribution < -0.4 is 0 Å². The predicted molar refractivity (Wildman–Crippen MR) is 28.5 cm³/mol. The summed E-state index contributed by atoms with van der Waals surface area (Å²) in [6, 6.07) is 0. The van der Waals surface area contributed by atoms with Gasteiger partial charge in [0.1, 0.15) is 0 Å². The summed E-state index contributed by atoms with van der Waals surface area (Å²) in [5, 5.41) is 0. The fraction of sp³-hybridized carbons (Fsp3) is 0.400. The number of hydrogen-bond acceptors (Lipinski definition) is 0. The van der Waals surface area contributed by atoms with Crippen LogP contribution in [0, 0.1) is 21.3 Å². The van der Waals surface area contributed by atoms with Crippen LogP contribution in [0.15, 0.2) is 0 Å². The third kappa shape index (κ3) is 64.9. The Morgan fingerprint density at radius 1 is 0.714 bits per heavy atom. The maximum absolute atomic E-state index is 3.25. The fourth-order valence-electron chi connectivity index (χ4n) is 0. The van der Waals surface area contributed by atoms with E-state index in [0.717, 1.165) is 0 Å². The summed E-state index contributed by atoms with van der Waals surface area (Å²) >= 11 is 0. The molecular weight excluding hydrogens is 238 g/mol. The first kappa shape index (κ1) is 35.0. The van der Waals surface area contributed by atoms with Gasteiger partial charge >= 0.3 is 0 Å². The van der Waals surface area contributed by atoms with Crippen LogP contribution in [0.4, 0.5) is 0 Å². The smallest absolute Gasteiger partial charge is 0 e. The quantitative estimate of drug-likeness (QED) is 0.578. The van der Waals surface area contributed by atoms with Crippen LogP contribution in [0.3, 0.4) is 0 Å². The maximum Gasteiger partial charge on any atom is 0 e. The van der Waals surface area contributed by atoms with E-state index in [0.29, 0.717) is 0 Å². The Morgan fingerprint density at radius 3 is 0.714 bits per heavy atom. The Kier molecular flexibility index (Phi) is 438. The largest absolute Gasteiger partial charge is 0.358 e. The van der Waals surface area contributed by atoms with Crippen molar-refractivity contribution in [2.24, 2.45) is 0 Å². The molecule has 0 saturated heterocycles. The van der Waals surface area contributed by atoms with Gasteiger partial charge in [-0.1, -0.05) is 0 Å². The molecular formula is C5H13Y2-3. The summed E-state index contributed by atoms with van der Waals surface area (Å²) < 4.78 is 0. The summed E-state index contributed by atoms with van der Waals surface area (Å²) in [5.74, 6) is 0. The average molecular weight is 251 g/mol. The summed E-state index contributed by atoms with van der Waals surface area (Å²) in [7, 11) is 0. The van der Waals surface area contributed by atoms with E-state index in [1.165, 1.54) is 0 Å². The third-order valence-electron chi connectivity index (χ3n) is 0. The van der Waals surface area contributed by atoms with Crippen molar-refractivity contribution in [2.75, 3.05) is 0 Å². The molecule has 0 rings (SSSR count). The first-order chi connectivity index (χ1) is 2.00. The zero-order valence-electron chi connectivity index (χ0n) is 5.57. The van der Waals surface area contributed by atoms with Gasteiger partial charge < -0.3 is 21.3 Å². The second kappa shape index (κ2) is 87.5. The molecule has 0 saturated carbocycles. The van der Waals surface area contributed by atoms with Gasteiger partial charge in [0.2, 0.25) is 0 Å². The third-order valence-corrected chi connectivity index (χ3v) is 0. The molecule has 0 atom stereocenters. The molecule has 0 bridgehead atoms. The molecule has 0 aliphatic carbocycles. The van der Waals surface area contributed by atoms with Crippen LogP contribution in [-0.2, 0) is 65.4 Å². The molecule has 0 aliphatic heterocycles. The molecule has 0 fully saturated rings. The van der Waals surface area contributed by atoms with Gasteiger partial charge in [0.15, 0.2) is 0 Å². The van der Waals surface area contributed by atoms with Crippen LogP contribution in [0.1, 0.15) is 13.8 Å². The Hall–Kier alpha value is 2.21. The Bertz CT molecular complexity index is 6.04. The van der Waals surface area contributed by atoms with E-state index >= 15 is 0 Å². The Labute approximate surface area is 99.0 Å². The minimum absolute atomic E-state index is 0. The Balaban J connectivity index is -0.00000000267. The normalized spacial score (nSPS) is 1.71. The zero-order valence-corrected chi connectivity index (χ0v) is 11.2. The van der Waals surface area contributed by atoms with Gasteiger partial charge in [-0.25, -0.2) is 0 Å². The van der Waals surface area contributed by atoms with Gasteiger partial charge in [0.05, 0.1) is 0 Å². The van der Waals surface area contributed by atoms with E-state index in [2.05, 4.69) is 13.8 Å². The molecule has 2 heteroatoms. The second-order valence-electron chi connectivity index (χ2n) is 0. The fourth-order valence-corrected chi connectivity index (χ4v) is 0. The topological polar surface area (TPSA) is 0 Å². The Morgan fingerprint density at radius 2 is 0.714 bits per heavy atom. The van der Waals surface area contributed by atoms with E-state index in [-0.39, 0.29) is 72.8 Å². The molecule has 2 radical (unpaired) electrons. The SMILES string of the molecule is [CH2-]C.[CH2-]C.[CH3-].[Y].[Y]. The van der Waals surface area contributed by atoms with Crippen LogP contribution >= 0.6 is 0 Å². The molecule has 0 heterocycles. The van der Waals surface area contributed by atoms with E-state index in [4.69, 9.17) is 0 Å². The first-order valence-corrected chi connectivity index (χ1v) is 1.41. The van der Waals surface area contributed by atoms with Crippen molar-refractivity contribution in [1.29, 1.82) is 0 Å². The molecule has 0 N–H and O–H groups in total. The van der Waals surface area contributed by atoms with Crippen molar-refractivity contribution in [3.05, 3.63) is 21.3 Å². The first-order valence-electron chi connectivity index (χ1n) is 1.41. The van der Waals surface area contributed by atoms with E-state index < -0.39 is 0 Å². The van der Waals surface area contributed by atoms with Crippen molar-refractivity contribution in [3.8, 4) is 0 Å². The molecule has 0 unspecified atom stereocenters. The molecule has 42 valence electrons. The van der Waals surface area contributed by atoms with Crippen molar-refractivity contribution < 1.29 is 65.4 Å². The standard InChI is InChI=1S/2C2H5.CH3.2Y/c2*1-2;;;/h2*1H2,2H3;1H3;;/q3*-1;;. The molecule has 0 spiro atoms. The van der Waals surface area contributed by atoms with Crippen molar-refractivity contribution in [1.82, 2.24) is 0 Å². The van der Waals surface area contributed by atoms with Crippen molar-refractivity contribution in [3.63, 3.8) is 0 Å². The second-order valence-corrected chi connectivity index (χ2v) is 0. The molecule has 0 nitrogen and oxygen atoms in total. The van der Waals surface area contributed by atoms with Crippen LogP contribution in [0.5, 0.6) is 0 Å². The van der Waals surface area contributed by atoms with Gasteiger partial charge in [-0.2, -0.15) is 13.8 Å². The summed E-state index contributed by atoms with van der Waals surface area (Å²) in [5.41, 5.74) is 0. The van der Waals surface area contributed by atoms with Gasteiger partial charge in [0, 0.05) is 65.4 Å². The molecule has 7 heavy (non-hydrogen) atoms. The van der Waals surface area contributed by atoms with Gasteiger partial charge in [-0.3, -0.25) is 0 Å². The minimum atomic E-state index is 0. The molecule has 0 aliphatic rings. The number of rotatable bonds is 0. The molecule has 0 amide bonds. The van der Waals surface area contributed by atoms with Gasteiger partial charge in [-0.05, 0) is 0 Å². The maximum atomic E-state index is 3.25. The van der Waals surface area contributed by atoms with Crippen LogP contribution in [-0.4, -0.2) is 0 Å². The van der Waals surface area contributed by atoms with E-state index in [1.54, 1.807) is 13.8 Å². The van der Waals surface area contributed by atoms with Gasteiger partial charge in [-0.15, -0.1) is 0 Å². The van der Waals surface area contributed by atoms with E-state index in [9.17, 15) is 0 Å². The van der Waals surface area contributed by atoms with Crippen LogP contribution in [0.25, 0.3) is 0 Å². The summed E-state index contributed by atoms with van der Waals surface area (Å²) in [4.78, 5) is 0. The summed E-state index contributed by atoms with van der Waals surface area (Å²) in [6.07, 6.45) is 0. The number of hydrogen-bond donors (Lipinski definition) is 0. The minimum Gasteiger partial charge on any atom is -0.358 e. The van der Waals surface area contributed by atoms with Gasteiger partial charge in [0.25, 0.3) is 0 Å².